The summed E-state index contributed by atoms with van der Waals surface area (Å²) in [5, 5.41) is 17.4. The van der Waals surface area contributed by atoms with Crippen molar-refractivity contribution in [2.45, 2.75) is 0 Å². The van der Waals surface area contributed by atoms with Crippen molar-refractivity contribution in [3.63, 3.8) is 0 Å². The first-order chi connectivity index (χ1) is 6.52. The molecule has 0 heterocycles. The number of nitriles is 2. The minimum atomic E-state index is 0.119. The molecule has 4 heteroatoms. The molecule has 0 bridgehead atoms. The zero-order valence-electron chi connectivity index (χ0n) is 8.94. The fourth-order valence-electron chi connectivity index (χ4n) is 0.815. The van der Waals surface area contributed by atoms with E-state index in [0.717, 1.165) is 0 Å². The van der Waals surface area contributed by atoms with Gasteiger partial charge in [0.05, 0.1) is 5.70 Å². The molecule has 4 nitrogen and oxygen atoms in total. The van der Waals surface area contributed by atoms with Crippen LogP contribution in [0.5, 0.6) is 0 Å². The smallest absolute Gasteiger partial charge is 0.152 e. The fourth-order valence-corrected chi connectivity index (χ4v) is 0.815. The van der Waals surface area contributed by atoms with Crippen LogP contribution < -0.4 is 0 Å². The minimum Gasteiger partial charge on any atom is -0.383 e. The summed E-state index contributed by atoms with van der Waals surface area (Å²) in [4.78, 5) is 3.58. The lowest BCUT2D eigenvalue weighted by atomic mass is 10.2. The van der Waals surface area contributed by atoms with Gasteiger partial charge in [0.2, 0.25) is 0 Å². The van der Waals surface area contributed by atoms with Crippen LogP contribution >= 0.6 is 0 Å². The topological polar surface area (TPSA) is 54.1 Å². The SMILES string of the molecule is CN(C)/C=C\C(=C(C#N)C#N)N(C)C. The molecule has 0 aromatic heterocycles. The highest BCUT2D eigenvalue weighted by atomic mass is 15.1. The number of hydrogen-bond donors (Lipinski definition) is 0. The first kappa shape index (κ1) is 12.1. The van der Waals surface area contributed by atoms with Gasteiger partial charge in [-0.2, -0.15) is 10.5 Å². The number of nitrogens with zero attached hydrogens (tertiary/aromatic N) is 4. The fraction of sp³-hybridized carbons (Fsp3) is 0.400. The van der Waals surface area contributed by atoms with Gasteiger partial charge in [0.25, 0.3) is 0 Å². The van der Waals surface area contributed by atoms with Gasteiger partial charge in [-0.25, -0.2) is 0 Å². The molecule has 0 saturated heterocycles. The third-order valence-corrected chi connectivity index (χ3v) is 1.49. The molecule has 0 aromatic rings. The van der Waals surface area contributed by atoms with E-state index in [2.05, 4.69) is 0 Å². The largest absolute Gasteiger partial charge is 0.383 e. The zero-order valence-corrected chi connectivity index (χ0v) is 8.94. The summed E-state index contributed by atoms with van der Waals surface area (Å²) in [5.74, 6) is 0. The number of likely N-dealkylation sites (N-methyl/N-ethyl adjacent to an activating group) is 1. The van der Waals surface area contributed by atoms with Crippen LogP contribution in [0.25, 0.3) is 0 Å². The highest BCUT2D eigenvalue weighted by Crippen LogP contribution is 2.07. The highest BCUT2D eigenvalue weighted by molar-refractivity contribution is 5.43. The van der Waals surface area contributed by atoms with Crippen molar-refractivity contribution in [3.8, 4) is 12.1 Å². The van der Waals surface area contributed by atoms with E-state index in [1.165, 1.54) is 0 Å². The molecule has 74 valence electrons. The molecule has 0 aliphatic carbocycles. The molecule has 0 amide bonds. The van der Waals surface area contributed by atoms with E-state index < -0.39 is 0 Å². The summed E-state index contributed by atoms with van der Waals surface area (Å²) in [6.07, 6.45) is 3.53. The van der Waals surface area contributed by atoms with Crippen LogP contribution in [0.3, 0.4) is 0 Å². The van der Waals surface area contributed by atoms with Gasteiger partial charge in [-0.15, -0.1) is 0 Å². The standard InChI is InChI=1S/C10H14N4/c1-13(2)6-5-10(14(3)4)9(7-11)8-12/h5-6H,1-4H3/b6-5-. The summed E-state index contributed by atoms with van der Waals surface area (Å²) in [5.41, 5.74) is 0.733. The van der Waals surface area contributed by atoms with Crippen LogP contribution in [0.2, 0.25) is 0 Å². The molecule has 0 unspecified atom stereocenters. The van der Waals surface area contributed by atoms with Gasteiger partial charge in [0.1, 0.15) is 12.1 Å². The first-order valence-electron chi connectivity index (χ1n) is 4.09. The molecule has 0 radical (unpaired) electrons. The Morgan fingerprint density at radius 1 is 1.07 bits per heavy atom. The van der Waals surface area contributed by atoms with Gasteiger partial charge < -0.3 is 9.80 Å². The predicted octanol–water partition coefficient (Wildman–Crippen LogP) is 0.925. The first-order valence-corrected chi connectivity index (χ1v) is 4.09. The Bertz CT molecular complexity index is 307. The molecular formula is C10H14N4. The van der Waals surface area contributed by atoms with Gasteiger partial charge in [-0.1, -0.05) is 0 Å². The van der Waals surface area contributed by atoms with E-state index in [0.29, 0.717) is 5.70 Å². The zero-order chi connectivity index (χ0) is 11.1. The Labute approximate surface area is 84.9 Å². The Hall–Kier alpha value is -1.94. The molecule has 0 fully saturated rings. The third kappa shape index (κ3) is 3.64. The summed E-state index contributed by atoms with van der Waals surface area (Å²) in [6, 6.07) is 3.73. The van der Waals surface area contributed by atoms with Gasteiger partial charge in [0.15, 0.2) is 5.57 Å². The van der Waals surface area contributed by atoms with Crippen molar-refractivity contribution < 1.29 is 0 Å². The van der Waals surface area contributed by atoms with Crippen LogP contribution in [0, 0.1) is 22.7 Å². The van der Waals surface area contributed by atoms with E-state index in [1.54, 1.807) is 31.3 Å². The maximum absolute atomic E-state index is 8.71. The number of allylic oxidation sites excluding steroid dienone is 2. The van der Waals surface area contributed by atoms with Crippen molar-refractivity contribution >= 4 is 0 Å². The average molecular weight is 190 g/mol. The third-order valence-electron chi connectivity index (χ3n) is 1.49. The minimum absolute atomic E-state index is 0.119. The van der Waals surface area contributed by atoms with Crippen molar-refractivity contribution in [2.24, 2.45) is 0 Å². The maximum Gasteiger partial charge on any atom is 0.152 e. The summed E-state index contributed by atoms with van der Waals surface area (Å²) >= 11 is 0. The van der Waals surface area contributed by atoms with Crippen LogP contribution in [0.4, 0.5) is 0 Å². The quantitative estimate of drug-likeness (QED) is 0.490. The van der Waals surface area contributed by atoms with Gasteiger partial charge in [-0.3, -0.25) is 0 Å². The molecule has 0 aliphatic rings. The van der Waals surface area contributed by atoms with Crippen LogP contribution in [0.15, 0.2) is 23.5 Å². The van der Waals surface area contributed by atoms with Crippen LogP contribution in [0.1, 0.15) is 0 Å². The Morgan fingerprint density at radius 2 is 1.57 bits per heavy atom. The van der Waals surface area contributed by atoms with Crippen molar-refractivity contribution in [3.05, 3.63) is 23.5 Å². The Kier molecular flexibility index (Phi) is 4.88. The van der Waals surface area contributed by atoms with Gasteiger partial charge >= 0.3 is 0 Å². The second-order valence-corrected chi connectivity index (χ2v) is 3.16. The second kappa shape index (κ2) is 5.66. The molecule has 0 aromatic carbocycles. The average Bonchev–Trinajstić information content (AvgIpc) is 2.11. The van der Waals surface area contributed by atoms with Crippen molar-refractivity contribution in [1.29, 1.82) is 10.5 Å². The van der Waals surface area contributed by atoms with Gasteiger partial charge in [0, 0.05) is 34.4 Å². The molecule has 14 heavy (non-hydrogen) atoms. The Balaban J connectivity index is 5.09. The Morgan fingerprint density at radius 3 is 1.86 bits per heavy atom. The number of hydrogen-bond acceptors (Lipinski definition) is 4. The van der Waals surface area contributed by atoms with Crippen molar-refractivity contribution in [1.82, 2.24) is 9.80 Å². The van der Waals surface area contributed by atoms with Crippen molar-refractivity contribution in [2.75, 3.05) is 28.2 Å². The molecular weight excluding hydrogens is 176 g/mol. The molecule has 0 atom stereocenters. The van der Waals surface area contributed by atoms with Crippen LogP contribution in [-0.2, 0) is 0 Å². The van der Waals surface area contributed by atoms with E-state index in [-0.39, 0.29) is 5.57 Å². The number of rotatable bonds is 3. The summed E-state index contributed by atoms with van der Waals surface area (Å²) in [7, 11) is 7.35. The van der Waals surface area contributed by atoms with E-state index in [4.69, 9.17) is 10.5 Å². The lowest BCUT2D eigenvalue weighted by Gasteiger charge is -2.14. The molecule has 0 aliphatic heterocycles. The summed E-state index contributed by atoms with van der Waals surface area (Å²) < 4.78 is 0. The second-order valence-electron chi connectivity index (χ2n) is 3.16. The lowest BCUT2D eigenvalue weighted by molar-refractivity contribution is 0.518. The molecule has 0 spiro atoms. The molecule has 0 saturated carbocycles. The molecule has 0 N–H and O–H groups in total. The normalized spacial score (nSPS) is 9.00. The van der Waals surface area contributed by atoms with Gasteiger partial charge in [-0.05, 0) is 6.08 Å². The van der Waals surface area contributed by atoms with E-state index >= 15 is 0 Å². The summed E-state index contributed by atoms with van der Waals surface area (Å²) in [6.45, 7) is 0. The lowest BCUT2D eigenvalue weighted by Crippen LogP contribution is -2.12. The predicted molar refractivity (Wildman–Crippen MR) is 54.8 cm³/mol. The van der Waals surface area contributed by atoms with Crippen LogP contribution in [-0.4, -0.2) is 38.0 Å². The van der Waals surface area contributed by atoms with E-state index in [9.17, 15) is 0 Å². The maximum atomic E-state index is 8.71. The van der Waals surface area contributed by atoms with E-state index in [1.807, 2.05) is 31.1 Å². The molecule has 0 rings (SSSR count). The highest BCUT2D eigenvalue weighted by Gasteiger charge is 2.04. The monoisotopic (exact) mass is 190 g/mol.